The van der Waals surface area contributed by atoms with Crippen LogP contribution in [0, 0.1) is 5.92 Å². The summed E-state index contributed by atoms with van der Waals surface area (Å²) < 4.78 is 5.03. The molecule has 0 spiro atoms. The fraction of sp³-hybridized carbons (Fsp3) is 0.500. The quantitative estimate of drug-likeness (QED) is 0.816. The molecule has 1 aliphatic rings. The lowest BCUT2D eigenvalue weighted by Gasteiger charge is -2.11. The van der Waals surface area contributed by atoms with Gasteiger partial charge in [0.2, 0.25) is 5.88 Å². The monoisotopic (exact) mass is 254 g/mol. The van der Waals surface area contributed by atoms with Crippen molar-refractivity contribution in [2.45, 2.75) is 18.2 Å². The molecule has 1 aromatic heterocycles. The van der Waals surface area contributed by atoms with Gasteiger partial charge in [0.05, 0.1) is 12.5 Å². The van der Waals surface area contributed by atoms with Crippen LogP contribution in [0.4, 0.5) is 0 Å². The van der Waals surface area contributed by atoms with Gasteiger partial charge in [0.15, 0.2) is 0 Å². The van der Waals surface area contributed by atoms with Gasteiger partial charge >= 0.3 is 0 Å². The first kappa shape index (κ1) is 12.2. The van der Waals surface area contributed by atoms with Crippen LogP contribution in [0.25, 0.3) is 0 Å². The number of carbonyl (C=O) groups is 1. The summed E-state index contributed by atoms with van der Waals surface area (Å²) in [5, 5.41) is 2.83. The van der Waals surface area contributed by atoms with E-state index in [1.165, 1.54) is 20.0 Å². The zero-order valence-corrected chi connectivity index (χ0v) is 10.4. The minimum absolute atomic E-state index is 0.0293. The highest BCUT2D eigenvalue weighted by atomic mass is 35.5. The molecule has 5 heteroatoms. The third kappa shape index (κ3) is 3.09. The highest BCUT2D eigenvalue weighted by Gasteiger charge is 2.29. The maximum atomic E-state index is 11.9. The van der Waals surface area contributed by atoms with Crippen LogP contribution in [0.15, 0.2) is 18.3 Å². The van der Waals surface area contributed by atoms with Crippen LogP contribution >= 0.6 is 11.6 Å². The Labute approximate surface area is 105 Å². The Morgan fingerprint density at radius 1 is 1.71 bits per heavy atom. The van der Waals surface area contributed by atoms with Crippen LogP contribution in [-0.4, -0.2) is 29.9 Å². The van der Waals surface area contributed by atoms with Crippen LogP contribution < -0.4 is 10.1 Å². The Morgan fingerprint density at radius 3 is 3.12 bits per heavy atom. The number of aromatic nitrogens is 1. The van der Waals surface area contributed by atoms with Crippen molar-refractivity contribution < 1.29 is 9.53 Å². The van der Waals surface area contributed by atoms with Crippen molar-refractivity contribution >= 4 is 17.5 Å². The van der Waals surface area contributed by atoms with Crippen LogP contribution in [0.5, 0.6) is 5.88 Å². The molecule has 1 heterocycles. The molecule has 1 aliphatic carbocycles. The van der Waals surface area contributed by atoms with Crippen molar-refractivity contribution in [1.82, 2.24) is 10.3 Å². The SMILES string of the molecule is COc1ncccc1C(=O)NCC(Cl)C1CC1. The van der Waals surface area contributed by atoms with E-state index in [0.717, 1.165) is 0 Å². The minimum atomic E-state index is -0.193. The fourth-order valence-electron chi connectivity index (χ4n) is 1.64. The van der Waals surface area contributed by atoms with Crippen molar-refractivity contribution in [3.63, 3.8) is 0 Å². The summed E-state index contributed by atoms with van der Waals surface area (Å²) in [5.74, 6) is 0.705. The standard InChI is InChI=1S/C12H15ClN2O2/c1-17-12-9(3-2-6-14-12)11(16)15-7-10(13)8-4-5-8/h2-3,6,8,10H,4-5,7H2,1H3,(H,15,16). The number of hydrogen-bond donors (Lipinski definition) is 1. The van der Waals surface area contributed by atoms with Crippen molar-refractivity contribution in [2.75, 3.05) is 13.7 Å². The molecule has 4 nitrogen and oxygen atoms in total. The van der Waals surface area contributed by atoms with Crippen molar-refractivity contribution in [3.05, 3.63) is 23.9 Å². The molecule has 2 rings (SSSR count). The molecule has 1 unspecified atom stereocenters. The summed E-state index contributed by atoms with van der Waals surface area (Å²) in [7, 11) is 1.49. The van der Waals surface area contributed by atoms with Crippen LogP contribution in [-0.2, 0) is 0 Å². The molecule has 0 aliphatic heterocycles. The molecule has 92 valence electrons. The van der Waals surface area contributed by atoms with E-state index in [1.54, 1.807) is 18.3 Å². The first-order chi connectivity index (χ1) is 8.22. The van der Waals surface area contributed by atoms with E-state index in [-0.39, 0.29) is 11.3 Å². The molecule has 0 aromatic carbocycles. The molecule has 1 atom stereocenters. The molecule has 1 aromatic rings. The van der Waals surface area contributed by atoms with Crippen molar-refractivity contribution in [2.24, 2.45) is 5.92 Å². The molecule has 1 fully saturated rings. The Balaban J connectivity index is 1.94. The van der Waals surface area contributed by atoms with Gasteiger partial charge in [-0.2, -0.15) is 0 Å². The number of halogens is 1. The number of nitrogens with zero attached hydrogens (tertiary/aromatic N) is 1. The Morgan fingerprint density at radius 2 is 2.47 bits per heavy atom. The lowest BCUT2D eigenvalue weighted by Crippen LogP contribution is -2.31. The lowest BCUT2D eigenvalue weighted by molar-refractivity contribution is 0.0949. The molecular weight excluding hydrogens is 240 g/mol. The number of hydrogen-bond acceptors (Lipinski definition) is 3. The number of pyridine rings is 1. The summed E-state index contributed by atoms with van der Waals surface area (Å²) >= 11 is 6.12. The zero-order chi connectivity index (χ0) is 12.3. The van der Waals surface area contributed by atoms with E-state index in [2.05, 4.69) is 10.3 Å². The molecule has 17 heavy (non-hydrogen) atoms. The van der Waals surface area contributed by atoms with Crippen LogP contribution in [0.2, 0.25) is 0 Å². The second kappa shape index (κ2) is 5.36. The number of nitrogens with one attached hydrogen (secondary N) is 1. The first-order valence-electron chi connectivity index (χ1n) is 5.63. The molecule has 0 bridgehead atoms. The van der Waals surface area contributed by atoms with Crippen LogP contribution in [0.3, 0.4) is 0 Å². The largest absolute Gasteiger partial charge is 0.480 e. The van der Waals surface area contributed by atoms with Gasteiger partial charge in [-0.15, -0.1) is 11.6 Å². The molecule has 1 N–H and O–H groups in total. The van der Waals surface area contributed by atoms with Crippen molar-refractivity contribution in [3.8, 4) is 5.88 Å². The summed E-state index contributed by atoms with van der Waals surface area (Å²) in [6.07, 6.45) is 3.92. The van der Waals surface area contributed by atoms with E-state index in [4.69, 9.17) is 16.3 Å². The Bertz CT molecular complexity index is 407. The average molecular weight is 255 g/mol. The maximum absolute atomic E-state index is 11.9. The van der Waals surface area contributed by atoms with Gasteiger partial charge in [-0.25, -0.2) is 4.98 Å². The van der Waals surface area contributed by atoms with Crippen molar-refractivity contribution in [1.29, 1.82) is 0 Å². The van der Waals surface area contributed by atoms with Gasteiger partial charge in [0, 0.05) is 12.7 Å². The summed E-state index contributed by atoms with van der Waals surface area (Å²) in [6.45, 7) is 0.489. The van der Waals surface area contributed by atoms with E-state index >= 15 is 0 Å². The highest BCUT2D eigenvalue weighted by molar-refractivity contribution is 6.21. The lowest BCUT2D eigenvalue weighted by atomic mass is 10.2. The Hall–Kier alpha value is -1.29. The number of ether oxygens (including phenoxy) is 1. The Kier molecular flexibility index (Phi) is 3.84. The normalized spacial score (nSPS) is 16.4. The van der Waals surface area contributed by atoms with E-state index in [1.807, 2.05) is 0 Å². The van der Waals surface area contributed by atoms with Gasteiger partial charge in [-0.1, -0.05) is 0 Å². The third-order valence-corrected chi connectivity index (χ3v) is 3.31. The maximum Gasteiger partial charge on any atom is 0.256 e. The second-order valence-corrected chi connectivity index (χ2v) is 4.68. The number of amides is 1. The second-order valence-electron chi connectivity index (χ2n) is 4.12. The number of carbonyl (C=O) groups excluding carboxylic acids is 1. The predicted octanol–water partition coefficient (Wildman–Crippen LogP) is 1.84. The van der Waals surface area contributed by atoms with Gasteiger partial charge in [-0.3, -0.25) is 4.79 Å². The third-order valence-electron chi connectivity index (χ3n) is 2.80. The van der Waals surface area contributed by atoms with E-state index < -0.39 is 0 Å². The summed E-state index contributed by atoms with van der Waals surface area (Å²) in [5.41, 5.74) is 0.440. The molecule has 0 saturated heterocycles. The molecule has 1 amide bonds. The topological polar surface area (TPSA) is 51.2 Å². The fourth-order valence-corrected chi connectivity index (χ4v) is 1.97. The van der Waals surface area contributed by atoms with Crippen LogP contribution in [0.1, 0.15) is 23.2 Å². The molecular formula is C12H15ClN2O2. The average Bonchev–Trinajstić information content (AvgIpc) is 3.19. The van der Waals surface area contributed by atoms with E-state index in [9.17, 15) is 4.79 Å². The number of methoxy groups -OCH3 is 1. The van der Waals surface area contributed by atoms with E-state index in [0.29, 0.717) is 23.9 Å². The zero-order valence-electron chi connectivity index (χ0n) is 9.65. The summed E-state index contributed by atoms with van der Waals surface area (Å²) in [6, 6.07) is 3.39. The smallest absolute Gasteiger partial charge is 0.256 e. The van der Waals surface area contributed by atoms with Gasteiger partial charge < -0.3 is 10.1 Å². The molecule has 1 saturated carbocycles. The number of alkyl halides is 1. The predicted molar refractivity (Wildman–Crippen MR) is 65.5 cm³/mol. The highest BCUT2D eigenvalue weighted by Crippen LogP contribution is 2.35. The molecule has 0 radical (unpaired) electrons. The summed E-state index contributed by atoms with van der Waals surface area (Å²) in [4.78, 5) is 15.9. The van der Waals surface area contributed by atoms with Gasteiger partial charge in [-0.05, 0) is 30.9 Å². The van der Waals surface area contributed by atoms with Gasteiger partial charge in [0.25, 0.3) is 5.91 Å². The van der Waals surface area contributed by atoms with Gasteiger partial charge in [0.1, 0.15) is 5.56 Å². The first-order valence-corrected chi connectivity index (χ1v) is 6.07. The number of rotatable bonds is 5. The minimum Gasteiger partial charge on any atom is -0.480 e.